The summed E-state index contributed by atoms with van der Waals surface area (Å²) >= 11 is 0. The van der Waals surface area contributed by atoms with Crippen molar-refractivity contribution in [3.63, 3.8) is 0 Å². The maximum atomic E-state index is 13.2. The van der Waals surface area contributed by atoms with Crippen molar-refractivity contribution in [2.24, 2.45) is 5.92 Å². The van der Waals surface area contributed by atoms with Crippen LogP contribution < -0.4 is 0 Å². The van der Waals surface area contributed by atoms with Crippen molar-refractivity contribution in [1.29, 1.82) is 0 Å². The summed E-state index contributed by atoms with van der Waals surface area (Å²) in [5.41, 5.74) is 9.49. The van der Waals surface area contributed by atoms with Gasteiger partial charge in [-0.1, -0.05) is 81.4 Å². The summed E-state index contributed by atoms with van der Waals surface area (Å²) in [5, 5.41) is 0. The van der Waals surface area contributed by atoms with Crippen LogP contribution in [0.1, 0.15) is 103 Å². The van der Waals surface area contributed by atoms with Gasteiger partial charge in [0.15, 0.2) is 5.78 Å². The number of hydrogen-bond acceptors (Lipinski definition) is 3. The lowest BCUT2D eigenvalue weighted by molar-refractivity contribution is 0.0973. The van der Waals surface area contributed by atoms with Crippen LogP contribution in [0.3, 0.4) is 0 Å². The van der Waals surface area contributed by atoms with Gasteiger partial charge in [0.25, 0.3) is 0 Å². The maximum Gasteiger partial charge on any atom is 0.162 e. The SMILES string of the molecule is Cc1ccccc1CN1CCCc2ccc(C(=O)CCCC3CCN(Cc4cccc(C(C)(C)C)c4)CC3)cc2C1. The van der Waals surface area contributed by atoms with Crippen molar-refractivity contribution in [1.82, 2.24) is 9.80 Å². The lowest BCUT2D eigenvalue weighted by Gasteiger charge is -2.32. The zero-order chi connectivity index (χ0) is 28.8. The number of piperidine rings is 1. The first kappa shape index (κ1) is 29.7. The summed E-state index contributed by atoms with van der Waals surface area (Å²) in [7, 11) is 0. The molecule has 0 aromatic heterocycles. The molecule has 0 unspecified atom stereocenters. The van der Waals surface area contributed by atoms with E-state index in [-0.39, 0.29) is 5.41 Å². The predicted octanol–water partition coefficient (Wildman–Crippen LogP) is 8.51. The Kier molecular flexibility index (Phi) is 9.78. The average molecular weight is 551 g/mol. The highest BCUT2D eigenvalue weighted by Crippen LogP contribution is 2.27. The highest BCUT2D eigenvalue weighted by atomic mass is 16.1. The van der Waals surface area contributed by atoms with Crippen LogP contribution in [0.5, 0.6) is 0 Å². The van der Waals surface area contributed by atoms with Crippen molar-refractivity contribution in [3.05, 3.63) is 106 Å². The van der Waals surface area contributed by atoms with Gasteiger partial charge in [0.05, 0.1) is 0 Å². The highest BCUT2D eigenvalue weighted by Gasteiger charge is 2.21. The van der Waals surface area contributed by atoms with Crippen molar-refractivity contribution in [3.8, 4) is 0 Å². The van der Waals surface area contributed by atoms with E-state index in [1.807, 2.05) is 0 Å². The van der Waals surface area contributed by atoms with Gasteiger partial charge in [-0.3, -0.25) is 14.6 Å². The van der Waals surface area contributed by atoms with Gasteiger partial charge in [-0.25, -0.2) is 0 Å². The first-order valence-electron chi connectivity index (χ1n) is 16.0. The first-order chi connectivity index (χ1) is 19.7. The minimum absolute atomic E-state index is 0.195. The topological polar surface area (TPSA) is 23.6 Å². The Morgan fingerprint density at radius 3 is 2.44 bits per heavy atom. The standard InChI is InChI=1S/C38H50N2O/c1-29-10-5-6-13-34(29)27-40-21-9-14-32-17-18-33(25-35(32)28-40)37(41)16-8-11-30-19-22-39(23-20-30)26-31-12-7-15-36(24-31)38(2,3)4/h5-7,10,12-13,15,17-18,24-25,30H,8-9,11,14,16,19-23,26-28H2,1-4H3. The van der Waals surface area contributed by atoms with Crippen LogP contribution in [0, 0.1) is 12.8 Å². The third-order valence-corrected chi connectivity index (χ3v) is 9.42. The van der Waals surface area contributed by atoms with Crippen LogP contribution in [0.2, 0.25) is 0 Å². The molecule has 3 aromatic carbocycles. The second kappa shape index (κ2) is 13.5. The summed E-state index contributed by atoms with van der Waals surface area (Å²) in [6.07, 6.45) is 7.64. The molecule has 0 bridgehead atoms. The molecule has 1 fully saturated rings. The van der Waals surface area contributed by atoms with Gasteiger partial charge in [0, 0.05) is 31.6 Å². The van der Waals surface area contributed by atoms with E-state index in [1.54, 1.807) is 0 Å². The average Bonchev–Trinajstić information content (AvgIpc) is 3.16. The summed E-state index contributed by atoms with van der Waals surface area (Å²) in [6, 6.07) is 24.4. The minimum atomic E-state index is 0.195. The van der Waals surface area contributed by atoms with E-state index >= 15 is 0 Å². The van der Waals surface area contributed by atoms with E-state index in [4.69, 9.17) is 0 Å². The van der Waals surface area contributed by atoms with E-state index in [2.05, 4.69) is 104 Å². The molecule has 0 atom stereocenters. The second-order valence-electron chi connectivity index (χ2n) is 13.7. The molecule has 2 heterocycles. The van der Waals surface area contributed by atoms with E-state index in [9.17, 15) is 4.79 Å². The monoisotopic (exact) mass is 550 g/mol. The summed E-state index contributed by atoms with van der Waals surface area (Å²) < 4.78 is 0. The molecule has 3 aromatic rings. The lowest BCUT2D eigenvalue weighted by atomic mass is 9.86. The predicted molar refractivity (Wildman–Crippen MR) is 171 cm³/mol. The number of Topliss-reactive ketones (excluding diaryl/α,β-unsaturated/α-hetero) is 1. The fraction of sp³-hybridized carbons (Fsp3) is 0.500. The fourth-order valence-corrected chi connectivity index (χ4v) is 6.69. The van der Waals surface area contributed by atoms with Crippen molar-refractivity contribution < 1.29 is 4.79 Å². The van der Waals surface area contributed by atoms with Crippen molar-refractivity contribution in [2.75, 3.05) is 19.6 Å². The molecule has 2 aliphatic heterocycles. The van der Waals surface area contributed by atoms with Gasteiger partial charge in [-0.05, 0) is 116 Å². The number of benzene rings is 3. The molecule has 0 N–H and O–H groups in total. The smallest absolute Gasteiger partial charge is 0.162 e. The van der Waals surface area contributed by atoms with Crippen LogP contribution in [0.15, 0.2) is 66.7 Å². The molecule has 3 heteroatoms. The zero-order valence-corrected chi connectivity index (χ0v) is 25.9. The number of carbonyl (C=O) groups excluding carboxylic acids is 1. The number of hydrogen-bond donors (Lipinski definition) is 0. The van der Waals surface area contributed by atoms with Crippen LogP contribution in [-0.2, 0) is 31.5 Å². The van der Waals surface area contributed by atoms with Gasteiger partial charge in [0.2, 0.25) is 0 Å². The normalized spacial score (nSPS) is 17.3. The number of nitrogens with zero attached hydrogens (tertiary/aromatic N) is 2. The minimum Gasteiger partial charge on any atom is -0.299 e. The number of fused-ring (bicyclic) bond motifs is 1. The molecule has 41 heavy (non-hydrogen) atoms. The quantitative estimate of drug-likeness (QED) is 0.250. The molecule has 0 amide bonds. The molecule has 218 valence electrons. The van der Waals surface area contributed by atoms with E-state index in [0.717, 1.165) is 50.5 Å². The van der Waals surface area contributed by atoms with Crippen molar-refractivity contribution >= 4 is 5.78 Å². The molecular weight excluding hydrogens is 500 g/mol. The Morgan fingerprint density at radius 1 is 0.854 bits per heavy atom. The molecule has 2 aliphatic rings. The van der Waals surface area contributed by atoms with Gasteiger partial charge in [0.1, 0.15) is 0 Å². The maximum absolute atomic E-state index is 13.2. The molecule has 1 saturated heterocycles. The van der Waals surface area contributed by atoms with E-state index in [1.165, 1.54) is 72.2 Å². The van der Waals surface area contributed by atoms with E-state index in [0.29, 0.717) is 12.2 Å². The number of carbonyl (C=O) groups is 1. The summed E-state index contributed by atoms with van der Waals surface area (Å²) in [6.45, 7) is 15.5. The third kappa shape index (κ3) is 8.17. The molecule has 0 aliphatic carbocycles. The molecule has 0 radical (unpaired) electrons. The highest BCUT2D eigenvalue weighted by molar-refractivity contribution is 5.96. The number of aryl methyl sites for hydroxylation is 2. The summed E-state index contributed by atoms with van der Waals surface area (Å²) in [5.74, 6) is 1.07. The lowest BCUT2D eigenvalue weighted by Crippen LogP contribution is -2.33. The molecule has 3 nitrogen and oxygen atoms in total. The van der Waals surface area contributed by atoms with Gasteiger partial charge in [-0.15, -0.1) is 0 Å². The Bertz CT molecular complexity index is 1310. The molecule has 5 rings (SSSR count). The van der Waals surface area contributed by atoms with Crippen molar-refractivity contribution in [2.45, 2.75) is 97.7 Å². The Morgan fingerprint density at radius 2 is 1.66 bits per heavy atom. The number of rotatable bonds is 9. The largest absolute Gasteiger partial charge is 0.299 e. The first-order valence-corrected chi connectivity index (χ1v) is 16.0. The zero-order valence-electron chi connectivity index (χ0n) is 25.9. The number of ketones is 1. The molecule has 0 saturated carbocycles. The van der Waals surface area contributed by atoms with E-state index < -0.39 is 0 Å². The van der Waals surface area contributed by atoms with Crippen LogP contribution in [0.4, 0.5) is 0 Å². The Balaban J connectivity index is 1.08. The van der Waals surface area contributed by atoms with Crippen LogP contribution >= 0.6 is 0 Å². The second-order valence-corrected chi connectivity index (χ2v) is 13.7. The fourth-order valence-electron chi connectivity index (χ4n) is 6.69. The van der Waals surface area contributed by atoms with Crippen LogP contribution in [0.25, 0.3) is 0 Å². The molecular formula is C38H50N2O. The Labute approximate surface area is 249 Å². The van der Waals surface area contributed by atoms with Gasteiger partial charge >= 0.3 is 0 Å². The van der Waals surface area contributed by atoms with Gasteiger partial charge < -0.3 is 0 Å². The molecule has 0 spiro atoms. The van der Waals surface area contributed by atoms with Gasteiger partial charge in [-0.2, -0.15) is 0 Å². The number of likely N-dealkylation sites (tertiary alicyclic amines) is 1. The summed E-state index contributed by atoms with van der Waals surface area (Å²) in [4.78, 5) is 18.4. The Hall–Kier alpha value is -2.75. The van der Waals surface area contributed by atoms with Crippen LogP contribution in [-0.4, -0.2) is 35.2 Å². The third-order valence-electron chi connectivity index (χ3n) is 9.42.